The fourth-order valence-corrected chi connectivity index (χ4v) is 2.86. The van der Waals surface area contributed by atoms with Crippen LogP contribution in [0.4, 0.5) is 4.39 Å². The predicted molar refractivity (Wildman–Crippen MR) is 71.2 cm³/mol. The Morgan fingerprint density at radius 1 is 1.42 bits per heavy atom. The number of nitrogens with one attached hydrogen (secondary N) is 1. The normalized spacial score (nSPS) is 19.1. The van der Waals surface area contributed by atoms with Gasteiger partial charge >= 0.3 is 0 Å². The topological polar surface area (TPSA) is 49.3 Å². The van der Waals surface area contributed by atoms with Gasteiger partial charge in [-0.05, 0) is 25.8 Å². The summed E-state index contributed by atoms with van der Waals surface area (Å²) in [5.74, 6) is -0.493. The molecule has 0 aliphatic heterocycles. The van der Waals surface area contributed by atoms with Gasteiger partial charge in [-0.2, -0.15) is 0 Å². The van der Waals surface area contributed by atoms with E-state index in [9.17, 15) is 14.3 Å². The number of carbonyl (C=O) groups excluding carboxylic acids is 1. The molecule has 3 nitrogen and oxygen atoms in total. The van der Waals surface area contributed by atoms with Crippen LogP contribution in [0.15, 0.2) is 24.3 Å². The number of hydrogen-bond acceptors (Lipinski definition) is 2. The Hall–Kier alpha value is -1.42. The molecule has 0 aromatic heterocycles. The Bertz CT molecular complexity index is 453. The zero-order chi connectivity index (χ0) is 13.9. The second kappa shape index (κ2) is 5.70. The van der Waals surface area contributed by atoms with Crippen LogP contribution in [0.5, 0.6) is 0 Å². The maximum atomic E-state index is 14.0. The van der Waals surface area contributed by atoms with Crippen molar-refractivity contribution < 1.29 is 14.3 Å². The van der Waals surface area contributed by atoms with Gasteiger partial charge in [0.25, 0.3) is 0 Å². The number of hydrogen-bond donors (Lipinski definition) is 2. The second-order valence-corrected chi connectivity index (χ2v) is 5.33. The molecule has 2 rings (SSSR count). The van der Waals surface area contributed by atoms with Crippen LogP contribution in [-0.4, -0.2) is 23.7 Å². The Kier molecular flexibility index (Phi) is 4.20. The van der Waals surface area contributed by atoms with Crippen molar-refractivity contribution in [3.8, 4) is 0 Å². The summed E-state index contributed by atoms with van der Waals surface area (Å²) in [6.45, 7) is 1.82. The minimum absolute atomic E-state index is 0.170. The third-order valence-corrected chi connectivity index (χ3v) is 3.84. The van der Waals surface area contributed by atoms with E-state index in [4.69, 9.17) is 0 Å². The molecular weight excluding hydrogens is 245 g/mol. The van der Waals surface area contributed by atoms with Gasteiger partial charge < -0.3 is 10.4 Å². The molecule has 1 saturated carbocycles. The van der Waals surface area contributed by atoms with Gasteiger partial charge in [0.1, 0.15) is 5.82 Å². The van der Waals surface area contributed by atoms with Crippen LogP contribution in [0, 0.1) is 5.82 Å². The van der Waals surface area contributed by atoms with Crippen LogP contribution in [-0.2, 0) is 10.2 Å². The Labute approximate surface area is 112 Å². The summed E-state index contributed by atoms with van der Waals surface area (Å²) in [4.78, 5) is 12.4. The fourth-order valence-electron chi connectivity index (χ4n) is 2.86. The smallest absolute Gasteiger partial charge is 0.230 e. The number of benzene rings is 1. The molecule has 2 N–H and O–H groups in total. The summed E-state index contributed by atoms with van der Waals surface area (Å²) in [5.41, 5.74) is -0.282. The highest BCUT2D eigenvalue weighted by Gasteiger charge is 2.44. The first-order chi connectivity index (χ1) is 9.06. The van der Waals surface area contributed by atoms with Crippen molar-refractivity contribution in [2.75, 3.05) is 6.54 Å². The SMILES string of the molecule is CC(O)CNC(=O)C1(c2ccccc2F)CCCC1. The van der Waals surface area contributed by atoms with Gasteiger partial charge in [0.15, 0.2) is 0 Å². The number of halogens is 1. The van der Waals surface area contributed by atoms with Crippen molar-refractivity contribution in [1.29, 1.82) is 0 Å². The van der Waals surface area contributed by atoms with Crippen LogP contribution >= 0.6 is 0 Å². The molecule has 0 heterocycles. The summed E-state index contributed by atoms with van der Waals surface area (Å²) in [7, 11) is 0. The molecule has 19 heavy (non-hydrogen) atoms. The van der Waals surface area contributed by atoms with E-state index in [0.29, 0.717) is 18.4 Å². The quantitative estimate of drug-likeness (QED) is 0.876. The molecule has 1 aromatic carbocycles. The molecule has 1 aliphatic carbocycles. The lowest BCUT2D eigenvalue weighted by Gasteiger charge is -2.29. The van der Waals surface area contributed by atoms with E-state index < -0.39 is 11.5 Å². The van der Waals surface area contributed by atoms with Crippen molar-refractivity contribution in [2.45, 2.75) is 44.1 Å². The molecule has 0 bridgehead atoms. The van der Waals surface area contributed by atoms with E-state index in [0.717, 1.165) is 12.8 Å². The van der Waals surface area contributed by atoms with Gasteiger partial charge in [0.2, 0.25) is 5.91 Å². The molecule has 4 heteroatoms. The Morgan fingerprint density at radius 3 is 2.63 bits per heavy atom. The standard InChI is InChI=1S/C15H20FNO2/c1-11(18)10-17-14(19)15(8-4-5-9-15)12-6-2-3-7-13(12)16/h2-3,6-7,11,18H,4-5,8-10H2,1H3,(H,17,19). The molecule has 0 spiro atoms. The first-order valence-electron chi connectivity index (χ1n) is 6.77. The van der Waals surface area contributed by atoms with Gasteiger partial charge in [-0.1, -0.05) is 31.0 Å². The Balaban J connectivity index is 2.28. The maximum Gasteiger partial charge on any atom is 0.230 e. The first-order valence-corrected chi connectivity index (χ1v) is 6.77. The third kappa shape index (κ3) is 2.78. The molecule has 104 valence electrons. The van der Waals surface area contributed by atoms with Crippen molar-refractivity contribution >= 4 is 5.91 Å². The van der Waals surface area contributed by atoms with E-state index in [1.54, 1.807) is 25.1 Å². The molecule has 0 saturated heterocycles. The summed E-state index contributed by atoms with van der Waals surface area (Å²) < 4.78 is 14.0. The Morgan fingerprint density at radius 2 is 2.05 bits per heavy atom. The van der Waals surface area contributed by atoms with Gasteiger partial charge in [0.05, 0.1) is 11.5 Å². The lowest BCUT2D eigenvalue weighted by atomic mass is 9.77. The molecule has 1 atom stereocenters. The number of aliphatic hydroxyl groups is 1. The van der Waals surface area contributed by atoms with Crippen molar-refractivity contribution in [3.63, 3.8) is 0 Å². The minimum Gasteiger partial charge on any atom is -0.392 e. The van der Waals surface area contributed by atoms with Crippen molar-refractivity contribution in [1.82, 2.24) is 5.32 Å². The number of rotatable bonds is 4. The van der Waals surface area contributed by atoms with Crippen molar-refractivity contribution in [3.05, 3.63) is 35.6 Å². The minimum atomic E-state index is -0.764. The van der Waals surface area contributed by atoms with E-state index in [1.807, 2.05) is 0 Å². The first kappa shape index (κ1) is 14.0. The lowest BCUT2D eigenvalue weighted by molar-refractivity contribution is -0.127. The summed E-state index contributed by atoms with van der Waals surface area (Å²) >= 11 is 0. The predicted octanol–water partition coefficient (Wildman–Crippen LogP) is 2.13. The van der Waals surface area contributed by atoms with Gasteiger partial charge in [-0.25, -0.2) is 4.39 Å². The molecule has 0 radical (unpaired) electrons. The fraction of sp³-hybridized carbons (Fsp3) is 0.533. The van der Waals surface area contributed by atoms with E-state index in [-0.39, 0.29) is 18.3 Å². The van der Waals surface area contributed by atoms with Gasteiger partial charge in [-0.15, -0.1) is 0 Å². The second-order valence-electron chi connectivity index (χ2n) is 5.33. The van der Waals surface area contributed by atoms with Crippen LogP contribution < -0.4 is 5.32 Å². The van der Waals surface area contributed by atoms with Crippen molar-refractivity contribution in [2.24, 2.45) is 0 Å². The average Bonchev–Trinajstić information content (AvgIpc) is 2.87. The highest BCUT2D eigenvalue weighted by Crippen LogP contribution is 2.42. The zero-order valence-corrected chi connectivity index (χ0v) is 11.2. The summed E-state index contributed by atoms with van der Waals surface area (Å²) in [6, 6.07) is 6.50. The third-order valence-electron chi connectivity index (χ3n) is 3.84. The number of amides is 1. The molecule has 1 fully saturated rings. The largest absolute Gasteiger partial charge is 0.392 e. The van der Waals surface area contributed by atoms with Gasteiger partial charge in [0, 0.05) is 12.1 Å². The number of aliphatic hydroxyl groups excluding tert-OH is 1. The van der Waals surface area contributed by atoms with Crippen LogP contribution in [0.2, 0.25) is 0 Å². The highest BCUT2D eigenvalue weighted by atomic mass is 19.1. The molecule has 1 aliphatic rings. The van der Waals surface area contributed by atoms with Crippen LogP contribution in [0.3, 0.4) is 0 Å². The molecule has 1 amide bonds. The number of carbonyl (C=O) groups is 1. The van der Waals surface area contributed by atoms with E-state index in [1.165, 1.54) is 6.07 Å². The maximum absolute atomic E-state index is 14.0. The van der Waals surface area contributed by atoms with Gasteiger partial charge in [-0.3, -0.25) is 4.79 Å². The van der Waals surface area contributed by atoms with E-state index >= 15 is 0 Å². The molecular formula is C15H20FNO2. The molecule has 1 aromatic rings. The highest BCUT2D eigenvalue weighted by molar-refractivity contribution is 5.88. The lowest BCUT2D eigenvalue weighted by Crippen LogP contribution is -2.45. The average molecular weight is 265 g/mol. The summed E-state index contributed by atoms with van der Waals surface area (Å²) in [6.07, 6.45) is 2.59. The van der Waals surface area contributed by atoms with E-state index in [2.05, 4.69) is 5.32 Å². The molecule has 1 unspecified atom stereocenters. The summed E-state index contributed by atoms with van der Waals surface area (Å²) in [5, 5.41) is 12.0. The zero-order valence-electron chi connectivity index (χ0n) is 11.2. The monoisotopic (exact) mass is 265 g/mol. The van der Waals surface area contributed by atoms with Crippen LogP contribution in [0.25, 0.3) is 0 Å². The van der Waals surface area contributed by atoms with Crippen LogP contribution in [0.1, 0.15) is 38.2 Å².